The van der Waals surface area contributed by atoms with Gasteiger partial charge in [-0.05, 0) is 53.4 Å². The molecule has 1 aromatic carbocycles. The van der Waals surface area contributed by atoms with Crippen molar-refractivity contribution < 1.29 is 14.6 Å². The second kappa shape index (κ2) is 7.62. The SMILES string of the molecule is CCC(C(=O)NCC(C)(O)c1ccsc1)c1ccc(OC)cc1. The van der Waals surface area contributed by atoms with Crippen molar-refractivity contribution in [3.63, 3.8) is 0 Å². The number of thiophene rings is 1. The molecule has 0 spiro atoms. The van der Waals surface area contributed by atoms with Crippen LogP contribution in [-0.2, 0) is 10.4 Å². The standard InChI is InChI=1S/C18H23NO3S/c1-4-16(13-5-7-15(22-3)8-6-13)17(20)19-12-18(2,21)14-9-10-23-11-14/h5-11,16,21H,4,12H2,1-3H3,(H,19,20). The molecule has 5 heteroatoms. The number of carbonyl (C=O) groups excluding carboxylic acids is 1. The highest BCUT2D eigenvalue weighted by Crippen LogP contribution is 2.25. The highest BCUT2D eigenvalue weighted by molar-refractivity contribution is 7.08. The van der Waals surface area contributed by atoms with Crippen molar-refractivity contribution in [3.05, 3.63) is 52.2 Å². The van der Waals surface area contributed by atoms with E-state index in [-0.39, 0.29) is 18.4 Å². The second-order valence-corrected chi connectivity index (χ2v) is 6.52. The Hall–Kier alpha value is -1.85. The van der Waals surface area contributed by atoms with E-state index in [0.29, 0.717) is 6.42 Å². The number of hydrogen-bond acceptors (Lipinski definition) is 4. The maximum Gasteiger partial charge on any atom is 0.227 e. The molecule has 0 aliphatic carbocycles. The summed E-state index contributed by atoms with van der Waals surface area (Å²) in [7, 11) is 1.62. The molecular weight excluding hydrogens is 310 g/mol. The van der Waals surface area contributed by atoms with Gasteiger partial charge >= 0.3 is 0 Å². The number of aliphatic hydroxyl groups is 1. The van der Waals surface area contributed by atoms with Crippen LogP contribution in [0.15, 0.2) is 41.1 Å². The molecule has 1 aromatic heterocycles. The predicted octanol–water partition coefficient (Wildman–Crippen LogP) is 3.27. The number of methoxy groups -OCH3 is 1. The van der Waals surface area contributed by atoms with Crippen LogP contribution >= 0.6 is 11.3 Å². The lowest BCUT2D eigenvalue weighted by Gasteiger charge is -2.24. The molecule has 2 aromatic rings. The van der Waals surface area contributed by atoms with E-state index in [1.54, 1.807) is 14.0 Å². The van der Waals surface area contributed by atoms with Crippen LogP contribution in [0.25, 0.3) is 0 Å². The zero-order valence-electron chi connectivity index (χ0n) is 13.7. The number of benzene rings is 1. The summed E-state index contributed by atoms with van der Waals surface area (Å²) in [5.41, 5.74) is 0.703. The van der Waals surface area contributed by atoms with Gasteiger partial charge in [-0.15, -0.1) is 0 Å². The van der Waals surface area contributed by atoms with Crippen molar-refractivity contribution in [1.82, 2.24) is 5.32 Å². The van der Waals surface area contributed by atoms with Crippen LogP contribution in [0.3, 0.4) is 0 Å². The van der Waals surface area contributed by atoms with Gasteiger partial charge in [-0.25, -0.2) is 0 Å². The predicted molar refractivity (Wildman–Crippen MR) is 92.9 cm³/mol. The van der Waals surface area contributed by atoms with E-state index in [0.717, 1.165) is 16.9 Å². The maximum absolute atomic E-state index is 12.5. The number of nitrogens with one attached hydrogen (secondary N) is 1. The molecule has 4 nitrogen and oxygen atoms in total. The number of rotatable bonds is 7. The molecule has 124 valence electrons. The second-order valence-electron chi connectivity index (χ2n) is 5.74. The fraction of sp³-hybridized carbons (Fsp3) is 0.389. The molecule has 0 saturated heterocycles. The maximum atomic E-state index is 12.5. The van der Waals surface area contributed by atoms with E-state index >= 15 is 0 Å². The fourth-order valence-corrected chi connectivity index (χ4v) is 3.25. The van der Waals surface area contributed by atoms with Crippen LogP contribution in [0, 0.1) is 0 Å². The average Bonchev–Trinajstić information content (AvgIpc) is 3.10. The molecule has 2 atom stereocenters. The van der Waals surface area contributed by atoms with E-state index in [9.17, 15) is 9.90 Å². The van der Waals surface area contributed by atoms with E-state index in [4.69, 9.17) is 4.74 Å². The van der Waals surface area contributed by atoms with Crippen molar-refractivity contribution in [2.24, 2.45) is 0 Å². The Bertz CT molecular complexity index is 620. The van der Waals surface area contributed by atoms with Crippen LogP contribution in [0.4, 0.5) is 0 Å². The van der Waals surface area contributed by atoms with Gasteiger partial charge in [-0.2, -0.15) is 11.3 Å². The van der Waals surface area contributed by atoms with Gasteiger partial charge < -0.3 is 15.2 Å². The minimum Gasteiger partial charge on any atom is -0.497 e. The average molecular weight is 333 g/mol. The number of ether oxygens (including phenoxy) is 1. The van der Waals surface area contributed by atoms with Gasteiger partial charge in [-0.1, -0.05) is 19.1 Å². The number of hydrogen-bond donors (Lipinski definition) is 2. The third kappa shape index (κ3) is 4.33. The molecule has 2 rings (SSSR count). The molecule has 0 bridgehead atoms. The van der Waals surface area contributed by atoms with Crippen molar-refractivity contribution in [1.29, 1.82) is 0 Å². The van der Waals surface area contributed by atoms with Gasteiger partial charge in [0.1, 0.15) is 11.4 Å². The first-order valence-electron chi connectivity index (χ1n) is 7.64. The smallest absolute Gasteiger partial charge is 0.227 e. The Morgan fingerprint density at radius 3 is 2.57 bits per heavy atom. The van der Waals surface area contributed by atoms with Crippen molar-refractivity contribution in [2.75, 3.05) is 13.7 Å². The Morgan fingerprint density at radius 1 is 1.35 bits per heavy atom. The minimum absolute atomic E-state index is 0.0758. The molecule has 0 radical (unpaired) electrons. The molecule has 0 aliphatic rings. The van der Waals surface area contributed by atoms with E-state index < -0.39 is 5.60 Å². The molecule has 23 heavy (non-hydrogen) atoms. The normalized spacial score (nSPS) is 14.8. The summed E-state index contributed by atoms with van der Waals surface area (Å²) in [5.74, 6) is 0.455. The molecule has 0 saturated carbocycles. The lowest BCUT2D eigenvalue weighted by Crippen LogP contribution is -2.40. The third-order valence-corrected chi connectivity index (χ3v) is 4.68. The lowest BCUT2D eigenvalue weighted by molar-refractivity contribution is -0.123. The summed E-state index contributed by atoms with van der Waals surface area (Å²) in [5, 5.41) is 17.2. The van der Waals surface area contributed by atoms with Crippen LogP contribution in [0.5, 0.6) is 5.75 Å². The third-order valence-electron chi connectivity index (χ3n) is 3.99. The molecule has 0 fully saturated rings. The summed E-state index contributed by atoms with van der Waals surface area (Å²) in [6.07, 6.45) is 0.693. The van der Waals surface area contributed by atoms with Gasteiger partial charge in [0.2, 0.25) is 5.91 Å². The Kier molecular flexibility index (Phi) is 5.80. The van der Waals surface area contributed by atoms with Crippen molar-refractivity contribution >= 4 is 17.2 Å². The first-order valence-corrected chi connectivity index (χ1v) is 8.59. The van der Waals surface area contributed by atoms with Crippen LogP contribution in [0.1, 0.15) is 37.3 Å². The lowest BCUT2D eigenvalue weighted by atomic mass is 9.94. The number of amides is 1. The summed E-state index contributed by atoms with van der Waals surface area (Å²) in [6, 6.07) is 9.39. The molecule has 1 amide bonds. The Morgan fingerprint density at radius 2 is 2.04 bits per heavy atom. The number of carbonyl (C=O) groups is 1. The summed E-state index contributed by atoms with van der Waals surface area (Å²) >= 11 is 1.53. The zero-order valence-corrected chi connectivity index (χ0v) is 14.5. The quantitative estimate of drug-likeness (QED) is 0.817. The van der Waals surface area contributed by atoms with Crippen LogP contribution < -0.4 is 10.1 Å². The highest BCUT2D eigenvalue weighted by atomic mass is 32.1. The molecule has 2 unspecified atom stereocenters. The van der Waals surface area contributed by atoms with E-state index in [2.05, 4.69) is 5.32 Å². The highest BCUT2D eigenvalue weighted by Gasteiger charge is 2.26. The molecule has 1 heterocycles. The Balaban J connectivity index is 2.02. The summed E-state index contributed by atoms with van der Waals surface area (Å²) < 4.78 is 5.14. The van der Waals surface area contributed by atoms with Crippen LogP contribution in [-0.4, -0.2) is 24.7 Å². The van der Waals surface area contributed by atoms with Crippen molar-refractivity contribution in [3.8, 4) is 5.75 Å². The molecule has 2 N–H and O–H groups in total. The van der Waals surface area contributed by atoms with Gasteiger partial charge in [0.15, 0.2) is 0 Å². The summed E-state index contributed by atoms with van der Waals surface area (Å²) in [4.78, 5) is 12.5. The zero-order chi connectivity index (χ0) is 16.9. The summed E-state index contributed by atoms with van der Waals surface area (Å²) in [6.45, 7) is 3.88. The minimum atomic E-state index is -1.06. The van der Waals surface area contributed by atoms with Gasteiger partial charge in [0.05, 0.1) is 19.6 Å². The first kappa shape index (κ1) is 17.5. The van der Waals surface area contributed by atoms with E-state index in [1.165, 1.54) is 11.3 Å². The van der Waals surface area contributed by atoms with E-state index in [1.807, 2.05) is 48.0 Å². The van der Waals surface area contributed by atoms with Gasteiger partial charge in [-0.3, -0.25) is 4.79 Å². The molecule has 0 aliphatic heterocycles. The fourth-order valence-electron chi connectivity index (χ4n) is 2.46. The topological polar surface area (TPSA) is 58.6 Å². The van der Waals surface area contributed by atoms with Crippen molar-refractivity contribution in [2.45, 2.75) is 31.8 Å². The van der Waals surface area contributed by atoms with Crippen LogP contribution in [0.2, 0.25) is 0 Å². The largest absolute Gasteiger partial charge is 0.497 e. The van der Waals surface area contributed by atoms with Gasteiger partial charge in [0, 0.05) is 0 Å². The van der Waals surface area contributed by atoms with Gasteiger partial charge in [0.25, 0.3) is 0 Å². The Labute approximate surface area is 141 Å². The monoisotopic (exact) mass is 333 g/mol. The first-order chi connectivity index (χ1) is 11.0. The molecular formula is C18H23NO3S.